The highest BCUT2D eigenvalue weighted by molar-refractivity contribution is 7.90. The second-order valence-electron chi connectivity index (χ2n) is 5.03. The minimum absolute atomic E-state index is 0.113. The van der Waals surface area contributed by atoms with Crippen LogP contribution >= 0.6 is 0 Å². The molecule has 1 rings (SSSR count). The van der Waals surface area contributed by atoms with Crippen molar-refractivity contribution >= 4 is 27.4 Å². The van der Waals surface area contributed by atoms with Gasteiger partial charge in [0.2, 0.25) is 0 Å². The van der Waals surface area contributed by atoms with Gasteiger partial charge >= 0.3 is 5.97 Å². The Balaban J connectivity index is 2.78. The average Bonchev–Trinajstić information content (AvgIpc) is 2.52. The first-order valence-corrected chi connectivity index (χ1v) is 8.89. The van der Waals surface area contributed by atoms with Crippen LogP contribution in [-0.2, 0) is 19.4 Å². The van der Waals surface area contributed by atoms with Crippen LogP contribution in [0.4, 0.5) is 5.69 Å². The van der Waals surface area contributed by atoms with E-state index in [0.29, 0.717) is 12.8 Å². The normalized spacial score (nSPS) is 10.9. The van der Waals surface area contributed by atoms with E-state index in [2.05, 4.69) is 10.1 Å². The Morgan fingerprint density at radius 2 is 1.92 bits per heavy atom. The van der Waals surface area contributed by atoms with Crippen molar-refractivity contribution in [2.45, 2.75) is 24.2 Å². The van der Waals surface area contributed by atoms with E-state index in [-0.39, 0.29) is 29.4 Å². The number of rotatable bonds is 8. The highest BCUT2D eigenvalue weighted by Gasteiger charge is 2.18. The molecule has 0 bridgehead atoms. The summed E-state index contributed by atoms with van der Waals surface area (Å²) in [6, 6.07) is 3.01. The number of benzene rings is 1. The van der Waals surface area contributed by atoms with Crippen molar-refractivity contribution in [1.29, 1.82) is 0 Å². The topological polar surface area (TPSA) is 133 Å². The van der Waals surface area contributed by atoms with E-state index in [4.69, 9.17) is 0 Å². The number of amides is 1. The van der Waals surface area contributed by atoms with Crippen LogP contribution < -0.4 is 5.32 Å². The van der Waals surface area contributed by atoms with E-state index < -0.39 is 26.4 Å². The van der Waals surface area contributed by atoms with Gasteiger partial charge in [-0.3, -0.25) is 19.7 Å². The largest absolute Gasteiger partial charge is 0.469 e. The molecule has 0 aliphatic carbocycles. The van der Waals surface area contributed by atoms with Crippen molar-refractivity contribution < 1.29 is 27.7 Å². The number of carbonyl (C=O) groups excluding carboxylic acids is 2. The number of nitrogens with zero attached hydrogens (tertiary/aromatic N) is 1. The van der Waals surface area contributed by atoms with Crippen molar-refractivity contribution in [1.82, 2.24) is 5.32 Å². The van der Waals surface area contributed by atoms with Crippen LogP contribution in [0.15, 0.2) is 23.1 Å². The maximum absolute atomic E-state index is 12.0. The summed E-state index contributed by atoms with van der Waals surface area (Å²) in [6.07, 6.45) is 2.15. The molecule has 0 saturated carbocycles. The van der Waals surface area contributed by atoms with Gasteiger partial charge in [0.15, 0.2) is 9.84 Å². The first kappa shape index (κ1) is 19.6. The number of unbranched alkanes of at least 4 members (excludes halogenated alkanes) is 1. The molecule has 0 unspecified atom stereocenters. The molecule has 132 valence electrons. The molecule has 0 heterocycles. The van der Waals surface area contributed by atoms with Crippen molar-refractivity contribution in [3.63, 3.8) is 0 Å². The highest BCUT2D eigenvalue weighted by atomic mass is 32.2. The summed E-state index contributed by atoms with van der Waals surface area (Å²) in [7, 11) is -2.41. The summed E-state index contributed by atoms with van der Waals surface area (Å²) < 4.78 is 27.6. The number of hydrogen-bond donors (Lipinski definition) is 1. The van der Waals surface area contributed by atoms with Crippen molar-refractivity contribution in [3.05, 3.63) is 33.9 Å². The number of esters is 1. The van der Waals surface area contributed by atoms with Gasteiger partial charge in [-0.25, -0.2) is 8.42 Å². The quantitative estimate of drug-likeness (QED) is 0.318. The van der Waals surface area contributed by atoms with Gasteiger partial charge in [-0.05, 0) is 18.9 Å². The lowest BCUT2D eigenvalue weighted by molar-refractivity contribution is -0.385. The molecule has 1 N–H and O–H groups in total. The number of sulfone groups is 1. The monoisotopic (exact) mass is 358 g/mol. The third-order valence-electron chi connectivity index (χ3n) is 3.11. The van der Waals surface area contributed by atoms with Gasteiger partial charge < -0.3 is 10.1 Å². The minimum atomic E-state index is -3.69. The van der Waals surface area contributed by atoms with Gasteiger partial charge in [-0.2, -0.15) is 0 Å². The van der Waals surface area contributed by atoms with E-state index in [0.717, 1.165) is 24.5 Å². The molecular formula is C14H18N2O7S. The van der Waals surface area contributed by atoms with Gasteiger partial charge in [0.1, 0.15) is 0 Å². The molecule has 9 nitrogen and oxygen atoms in total. The van der Waals surface area contributed by atoms with E-state index in [1.807, 2.05) is 0 Å². The molecule has 24 heavy (non-hydrogen) atoms. The second kappa shape index (κ2) is 8.39. The number of nitro groups is 1. The molecule has 1 amide bonds. The highest BCUT2D eigenvalue weighted by Crippen LogP contribution is 2.20. The van der Waals surface area contributed by atoms with Crippen LogP contribution in [0.3, 0.4) is 0 Å². The lowest BCUT2D eigenvalue weighted by Crippen LogP contribution is -2.25. The lowest BCUT2D eigenvalue weighted by atomic mass is 10.2. The van der Waals surface area contributed by atoms with Crippen LogP contribution in [0.5, 0.6) is 0 Å². The van der Waals surface area contributed by atoms with Gasteiger partial charge in [0.25, 0.3) is 11.6 Å². The molecule has 0 aromatic heterocycles. The van der Waals surface area contributed by atoms with E-state index in [1.54, 1.807) is 0 Å². The molecule has 0 spiro atoms. The molecule has 0 saturated heterocycles. The molecule has 0 aliphatic heterocycles. The predicted molar refractivity (Wildman–Crippen MR) is 84.4 cm³/mol. The average molecular weight is 358 g/mol. The number of carbonyl (C=O) groups is 2. The fourth-order valence-electron chi connectivity index (χ4n) is 1.83. The van der Waals surface area contributed by atoms with Crippen LogP contribution in [0.25, 0.3) is 0 Å². The Morgan fingerprint density at radius 3 is 2.46 bits per heavy atom. The third-order valence-corrected chi connectivity index (χ3v) is 4.21. The Morgan fingerprint density at radius 1 is 1.25 bits per heavy atom. The van der Waals surface area contributed by atoms with Gasteiger partial charge in [0.05, 0.1) is 16.9 Å². The summed E-state index contributed by atoms with van der Waals surface area (Å²) in [6.45, 7) is 0.243. The second-order valence-corrected chi connectivity index (χ2v) is 7.05. The third kappa shape index (κ3) is 5.95. The van der Waals surface area contributed by atoms with E-state index in [1.165, 1.54) is 7.11 Å². The summed E-state index contributed by atoms with van der Waals surface area (Å²) in [5, 5.41) is 13.4. The number of methoxy groups -OCH3 is 1. The minimum Gasteiger partial charge on any atom is -0.469 e. The lowest BCUT2D eigenvalue weighted by Gasteiger charge is -2.07. The van der Waals surface area contributed by atoms with Gasteiger partial charge in [-0.15, -0.1) is 0 Å². The Hall–Kier alpha value is -2.49. The Labute approximate surface area is 139 Å². The standard InChI is InChI=1S/C14H18N2O7S/c1-23-13(17)5-3-4-6-15-14(18)10-7-11(16(19)20)9-12(8-10)24(2,21)22/h7-9H,3-6H2,1-2H3,(H,15,18). The van der Waals surface area contributed by atoms with Crippen LogP contribution in [0.1, 0.15) is 29.6 Å². The van der Waals surface area contributed by atoms with Crippen molar-refractivity contribution in [2.75, 3.05) is 19.9 Å². The molecule has 1 aromatic carbocycles. The molecule has 0 atom stereocenters. The molecular weight excluding hydrogens is 340 g/mol. The van der Waals surface area contributed by atoms with Crippen LogP contribution in [0.2, 0.25) is 0 Å². The van der Waals surface area contributed by atoms with E-state index in [9.17, 15) is 28.1 Å². The van der Waals surface area contributed by atoms with Crippen molar-refractivity contribution in [2.24, 2.45) is 0 Å². The van der Waals surface area contributed by atoms with E-state index >= 15 is 0 Å². The summed E-state index contributed by atoms with van der Waals surface area (Å²) >= 11 is 0. The Kier molecular flexibility index (Phi) is 6.83. The number of nitrogens with one attached hydrogen (secondary N) is 1. The first-order chi connectivity index (χ1) is 11.1. The summed E-state index contributed by atoms with van der Waals surface area (Å²) in [5.41, 5.74) is -0.591. The summed E-state index contributed by atoms with van der Waals surface area (Å²) in [4.78, 5) is 32.8. The van der Waals surface area contributed by atoms with Gasteiger partial charge in [-0.1, -0.05) is 0 Å². The van der Waals surface area contributed by atoms with Crippen LogP contribution in [-0.4, -0.2) is 45.1 Å². The van der Waals surface area contributed by atoms with Crippen LogP contribution in [0, 0.1) is 10.1 Å². The SMILES string of the molecule is COC(=O)CCCCNC(=O)c1cc([N+](=O)[O-])cc(S(C)(=O)=O)c1. The van der Waals surface area contributed by atoms with Gasteiger partial charge in [0, 0.05) is 36.9 Å². The fourth-order valence-corrected chi connectivity index (χ4v) is 2.51. The first-order valence-electron chi connectivity index (χ1n) is 6.99. The summed E-state index contributed by atoms with van der Waals surface area (Å²) in [5.74, 6) is -0.973. The number of nitro benzene ring substituents is 1. The molecule has 0 aliphatic rings. The zero-order valence-corrected chi connectivity index (χ0v) is 14.1. The predicted octanol–water partition coefficient (Wildman–Crippen LogP) is 1.07. The zero-order chi connectivity index (χ0) is 18.3. The number of non-ortho nitro benzene ring substituents is 1. The number of ether oxygens (including phenoxy) is 1. The Bertz CT molecular complexity index is 743. The fraction of sp³-hybridized carbons (Fsp3) is 0.429. The molecule has 10 heteroatoms. The molecule has 0 fully saturated rings. The number of hydrogen-bond acceptors (Lipinski definition) is 7. The smallest absolute Gasteiger partial charge is 0.305 e. The van der Waals surface area contributed by atoms with Crippen molar-refractivity contribution in [3.8, 4) is 0 Å². The molecule has 0 radical (unpaired) electrons. The maximum Gasteiger partial charge on any atom is 0.305 e. The zero-order valence-electron chi connectivity index (χ0n) is 13.3. The maximum atomic E-state index is 12.0. The molecule has 1 aromatic rings.